The number of benzene rings is 1. The number of amides is 1. The van der Waals surface area contributed by atoms with Crippen molar-refractivity contribution >= 4 is 28.6 Å². The van der Waals surface area contributed by atoms with Crippen molar-refractivity contribution in [2.45, 2.75) is 13.5 Å². The second-order valence-corrected chi connectivity index (χ2v) is 6.48. The highest BCUT2D eigenvalue weighted by Gasteiger charge is 2.21. The number of hydrogen-bond acceptors (Lipinski definition) is 7. The smallest absolute Gasteiger partial charge is 0.338 e. The van der Waals surface area contributed by atoms with E-state index in [4.69, 9.17) is 10.00 Å². The molecule has 1 amide bonds. The first-order chi connectivity index (χ1) is 14.3. The van der Waals surface area contributed by atoms with Crippen LogP contribution in [0.3, 0.4) is 0 Å². The van der Waals surface area contributed by atoms with Crippen molar-refractivity contribution in [2.75, 3.05) is 12.4 Å². The van der Waals surface area contributed by atoms with Crippen molar-refractivity contribution in [2.24, 2.45) is 7.05 Å². The zero-order chi connectivity index (χ0) is 22.0. The van der Waals surface area contributed by atoms with Crippen LogP contribution in [0.25, 0.3) is 11.0 Å². The lowest BCUT2D eigenvalue weighted by atomic mass is 10.1. The fraction of sp³-hybridized carbons (Fsp3) is 0.200. The largest absolute Gasteiger partial charge is 0.465 e. The van der Waals surface area contributed by atoms with E-state index in [0.29, 0.717) is 16.9 Å². The van der Waals surface area contributed by atoms with Crippen LogP contribution in [0.4, 0.5) is 5.69 Å². The van der Waals surface area contributed by atoms with Gasteiger partial charge in [-0.1, -0.05) is 6.07 Å². The van der Waals surface area contributed by atoms with Crippen molar-refractivity contribution in [1.29, 1.82) is 5.26 Å². The summed E-state index contributed by atoms with van der Waals surface area (Å²) in [4.78, 5) is 54.5. The molecular weight excluding hydrogens is 390 g/mol. The standard InChI is InChI=1S/C20H17N5O5/c1-11-7-14(19(28)30-3)16-17(22-11)24(2)20(29)25(18(16)27)10-15(26)23-13-6-4-5-12(8-13)9-21/h4-8H,10H2,1-3H3,(H,23,26). The summed E-state index contributed by atoms with van der Waals surface area (Å²) in [6.07, 6.45) is 0. The number of hydrogen-bond donors (Lipinski definition) is 1. The molecule has 1 N–H and O–H groups in total. The highest BCUT2D eigenvalue weighted by atomic mass is 16.5. The Balaban J connectivity index is 2.10. The van der Waals surface area contributed by atoms with Crippen LogP contribution in [0.15, 0.2) is 39.9 Å². The lowest BCUT2D eigenvalue weighted by Crippen LogP contribution is -2.42. The molecule has 0 unspecified atom stereocenters. The molecular formula is C20H17N5O5. The molecule has 0 aliphatic rings. The summed E-state index contributed by atoms with van der Waals surface area (Å²) in [5.41, 5.74) is -0.511. The lowest BCUT2D eigenvalue weighted by Gasteiger charge is -2.13. The molecule has 0 spiro atoms. The van der Waals surface area contributed by atoms with Crippen molar-refractivity contribution in [3.05, 3.63) is 68.0 Å². The van der Waals surface area contributed by atoms with Gasteiger partial charge in [0.25, 0.3) is 5.56 Å². The number of ether oxygens (including phenoxy) is 1. The van der Waals surface area contributed by atoms with Crippen molar-refractivity contribution in [1.82, 2.24) is 14.1 Å². The first-order valence-corrected chi connectivity index (χ1v) is 8.76. The van der Waals surface area contributed by atoms with E-state index < -0.39 is 29.7 Å². The summed E-state index contributed by atoms with van der Waals surface area (Å²) < 4.78 is 6.55. The molecule has 0 bridgehead atoms. The Bertz CT molecular complexity index is 1350. The third kappa shape index (κ3) is 3.68. The average molecular weight is 407 g/mol. The zero-order valence-electron chi connectivity index (χ0n) is 16.4. The Kier molecular flexibility index (Phi) is 5.46. The Morgan fingerprint density at radius 3 is 2.67 bits per heavy atom. The maximum Gasteiger partial charge on any atom is 0.338 e. The van der Waals surface area contributed by atoms with Crippen LogP contribution in [-0.4, -0.2) is 33.1 Å². The second kappa shape index (κ2) is 8.00. The van der Waals surface area contributed by atoms with E-state index >= 15 is 0 Å². The predicted molar refractivity (Wildman–Crippen MR) is 107 cm³/mol. The summed E-state index contributed by atoms with van der Waals surface area (Å²) in [5, 5.41) is 11.4. The second-order valence-electron chi connectivity index (χ2n) is 6.48. The van der Waals surface area contributed by atoms with Gasteiger partial charge >= 0.3 is 11.7 Å². The van der Waals surface area contributed by atoms with E-state index in [-0.39, 0.29) is 16.6 Å². The quantitative estimate of drug-likeness (QED) is 0.629. The van der Waals surface area contributed by atoms with Gasteiger partial charge in [-0.2, -0.15) is 5.26 Å². The van der Waals surface area contributed by atoms with Crippen molar-refractivity contribution in [3.8, 4) is 6.07 Å². The van der Waals surface area contributed by atoms with Gasteiger partial charge < -0.3 is 10.1 Å². The monoisotopic (exact) mass is 407 g/mol. The minimum atomic E-state index is -0.832. The molecule has 1 aromatic carbocycles. The molecule has 0 atom stereocenters. The number of fused-ring (bicyclic) bond motifs is 1. The maximum absolute atomic E-state index is 13.0. The molecule has 0 aliphatic carbocycles. The van der Waals surface area contributed by atoms with Gasteiger partial charge in [0.2, 0.25) is 5.91 Å². The first kappa shape index (κ1) is 20.5. The summed E-state index contributed by atoms with van der Waals surface area (Å²) >= 11 is 0. The highest BCUT2D eigenvalue weighted by Crippen LogP contribution is 2.15. The van der Waals surface area contributed by atoms with E-state index in [2.05, 4.69) is 10.3 Å². The molecule has 3 aromatic rings. The number of methoxy groups -OCH3 is 1. The van der Waals surface area contributed by atoms with Crippen LogP contribution in [0.1, 0.15) is 21.6 Å². The van der Waals surface area contributed by atoms with Gasteiger partial charge in [-0.05, 0) is 31.2 Å². The van der Waals surface area contributed by atoms with E-state index in [0.717, 1.165) is 9.13 Å². The van der Waals surface area contributed by atoms with Gasteiger partial charge in [0.15, 0.2) is 0 Å². The summed E-state index contributed by atoms with van der Waals surface area (Å²) in [6.45, 7) is 1.03. The Morgan fingerprint density at radius 1 is 1.27 bits per heavy atom. The molecule has 152 valence electrons. The first-order valence-electron chi connectivity index (χ1n) is 8.76. The Morgan fingerprint density at radius 2 is 2.00 bits per heavy atom. The lowest BCUT2D eigenvalue weighted by molar-refractivity contribution is -0.116. The fourth-order valence-electron chi connectivity index (χ4n) is 3.02. The Labute approximate surface area is 170 Å². The van der Waals surface area contributed by atoms with Gasteiger partial charge in [0.1, 0.15) is 12.2 Å². The molecule has 0 aliphatic heterocycles. The Hall–Kier alpha value is -4.26. The molecule has 30 heavy (non-hydrogen) atoms. The van der Waals surface area contributed by atoms with Crippen molar-refractivity contribution < 1.29 is 14.3 Å². The average Bonchev–Trinajstić information content (AvgIpc) is 2.74. The molecule has 10 nitrogen and oxygen atoms in total. The van der Waals surface area contributed by atoms with E-state index in [9.17, 15) is 19.2 Å². The number of carbonyl (C=O) groups is 2. The number of anilines is 1. The molecule has 0 saturated heterocycles. The van der Waals surface area contributed by atoms with Crippen LogP contribution in [0.5, 0.6) is 0 Å². The topological polar surface area (TPSA) is 136 Å². The van der Waals surface area contributed by atoms with Crippen LogP contribution in [0.2, 0.25) is 0 Å². The van der Waals surface area contributed by atoms with Gasteiger partial charge in [-0.25, -0.2) is 14.6 Å². The minimum Gasteiger partial charge on any atom is -0.465 e. The number of nitriles is 1. The van der Waals surface area contributed by atoms with E-state index in [1.54, 1.807) is 25.1 Å². The number of esters is 1. The van der Waals surface area contributed by atoms with Gasteiger partial charge in [0, 0.05) is 18.4 Å². The third-order valence-corrected chi connectivity index (χ3v) is 4.41. The summed E-state index contributed by atoms with van der Waals surface area (Å²) in [5.74, 6) is -1.41. The molecule has 10 heteroatoms. The van der Waals surface area contributed by atoms with Crippen LogP contribution in [0, 0.1) is 18.3 Å². The molecule has 2 aromatic heterocycles. The normalized spacial score (nSPS) is 10.5. The number of carbonyl (C=O) groups excluding carboxylic acids is 2. The third-order valence-electron chi connectivity index (χ3n) is 4.41. The molecule has 0 fully saturated rings. The number of rotatable bonds is 4. The van der Waals surface area contributed by atoms with E-state index in [1.807, 2.05) is 6.07 Å². The molecule has 0 saturated carbocycles. The SMILES string of the molecule is COC(=O)c1cc(C)nc2c1c(=O)n(CC(=O)Nc1cccc(C#N)c1)c(=O)n2C. The zero-order valence-corrected chi connectivity index (χ0v) is 16.4. The summed E-state index contributed by atoms with van der Waals surface area (Å²) in [6, 6.07) is 9.53. The predicted octanol–water partition coefficient (Wildman–Crippen LogP) is 0.701. The summed E-state index contributed by atoms with van der Waals surface area (Å²) in [7, 11) is 2.57. The van der Waals surface area contributed by atoms with Gasteiger partial charge in [-0.15, -0.1) is 0 Å². The maximum atomic E-state index is 13.0. The van der Waals surface area contributed by atoms with Crippen LogP contribution in [-0.2, 0) is 23.1 Å². The van der Waals surface area contributed by atoms with Gasteiger partial charge in [-0.3, -0.25) is 18.7 Å². The van der Waals surface area contributed by atoms with Crippen LogP contribution >= 0.6 is 0 Å². The number of aryl methyl sites for hydroxylation is 2. The molecule has 3 rings (SSSR count). The number of nitrogens with one attached hydrogen (secondary N) is 1. The fourth-order valence-corrected chi connectivity index (χ4v) is 3.02. The van der Waals surface area contributed by atoms with E-state index in [1.165, 1.54) is 26.3 Å². The number of nitrogens with zero attached hydrogens (tertiary/aromatic N) is 4. The number of aromatic nitrogens is 3. The number of pyridine rings is 1. The van der Waals surface area contributed by atoms with Crippen molar-refractivity contribution in [3.63, 3.8) is 0 Å². The highest BCUT2D eigenvalue weighted by molar-refractivity contribution is 6.02. The molecule has 0 radical (unpaired) electrons. The molecule has 2 heterocycles. The van der Waals surface area contributed by atoms with Crippen LogP contribution < -0.4 is 16.6 Å². The van der Waals surface area contributed by atoms with Gasteiger partial charge in [0.05, 0.1) is 29.7 Å². The minimum absolute atomic E-state index is 0.0174.